The molecule has 1 fully saturated rings. The van der Waals surface area contributed by atoms with Crippen LogP contribution in [0.5, 0.6) is 11.5 Å². The van der Waals surface area contributed by atoms with Crippen molar-refractivity contribution in [2.45, 2.75) is 19.3 Å². The van der Waals surface area contributed by atoms with Crippen molar-refractivity contribution in [2.75, 3.05) is 33.4 Å². The molecule has 1 heterocycles. The molecule has 0 atom stereocenters. The van der Waals surface area contributed by atoms with Crippen LogP contribution in [0.3, 0.4) is 0 Å². The molecule has 27 heavy (non-hydrogen) atoms. The zero-order valence-electron chi connectivity index (χ0n) is 16.0. The fraction of sp³-hybridized carbons (Fsp3) is 0.333. The van der Waals surface area contributed by atoms with Crippen molar-refractivity contribution in [3.05, 3.63) is 60.7 Å². The van der Waals surface area contributed by atoms with Crippen LogP contribution in [0.15, 0.2) is 60.7 Å². The van der Waals surface area contributed by atoms with Crippen LogP contribution < -0.4 is 9.47 Å². The SMILES string of the molecule is COc1cccc(-c2ccc(OCCN3CCCCC3)c3ccccc23)c1. The highest BCUT2D eigenvalue weighted by atomic mass is 16.5. The van der Waals surface area contributed by atoms with Gasteiger partial charge in [-0.2, -0.15) is 0 Å². The first-order chi connectivity index (χ1) is 13.3. The highest BCUT2D eigenvalue weighted by molar-refractivity contribution is 6.00. The van der Waals surface area contributed by atoms with Crippen LogP contribution in [0.2, 0.25) is 0 Å². The van der Waals surface area contributed by atoms with E-state index in [0.29, 0.717) is 0 Å². The first-order valence-corrected chi connectivity index (χ1v) is 9.86. The minimum absolute atomic E-state index is 0.739. The third-order valence-electron chi connectivity index (χ3n) is 5.38. The molecule has 0 unspecified atom stereocenters. The second-order valence-corrected chi connectivity index (χ2v) is 7.14. The predicted molar refractivity (Wildman–Crippen MR) is 112 cm³/mol. The Morgan fingerprint density at radius 3 is 2.48 bits per heavy atom. The maximum absolute atomic E-state index is 6.19. The number of fused-ring (bicyclic) bond motifs is 1. The lowest BCUT2D eigenvalue weighted by Crippen LogP contribution is -2.33. The van der Waals surface area contributed by atoms with Crippen LogP contribution in [0.4, 0.5) is 0 Å². The van der Waals surface area contributed by atoms with Gasteiger partial charge in [-0.05, 0) is 60.6 Å². The standard InChI is InChI=1S/C24H27NO2/c1-26-20-9-7-8-19(18-20)21-12-13-24(23-11-4-3-10-22(21)23)27-17-16-25-14-5-2-6-15-25/h3-4,7-13,18H,2,5-6,14-17H2,1H3. The summed E-state index contributed by atoms with van der Waals surface area (Å²) in [5, 5.41) is 2.37. The molecule has 1 aliphatic rings. The van der Waals surface area contributed by atoms with E-state index in [2.05, 4.69) is 53.4 Å². The summed E-state index contributed by atoms with van der Waals surface area (Å²) >= 11 is 0. The van der Waals surface area contributed by atoms with Crippen molar-refractivity contribution in [3.8, 4) is 22.6 Å². The van der Waals surface area contributed by atoms with Crippen LogP contribution in [-0.2, 0) is 0 Å². The van der Waals surface area contributed by atoms with Gasteiger partial charge in [-0.1, -0.05) is 48.9 Å². The van der Waals surface area contributed by atoms with Crippen molar-refractivity contribution < 1.29 is 9.47 Å². The topological polar surface area (TPSA) is 21.7 Å². The number of ether oxygens (including phenoxy) is 2. The molecule has 4 rings (SSSR count). The van der Waals surface area contributed by atoms with E-state index in [4.69, 9.17) is 9.47 Å². The highest BCUT2D eigenvalue weighted by Crippen LogP contribution is 2.35. The molecule has 0 amide bonds. The van der Waals surface area contributed by atoms with Gasteiger partial charge in [0.1, 0.15) is 18.1 Å². The molecular weight excluding hydrogens is 334 g/mol. The van der Waals surface area contributed by atoms with Crippen LogP contribution in [0.1, 0.15) is 19.3 Å². The Labute approximate surface area is 161 Å². The van der Waals surface area contributed by atoms with Crippen molar-refractivity contribution in [3.63, 3.8) is 0 Å². The number of hydrogen-bond donors (Lipinski definition) is 0. The Kier molecular flexibility index (Phi) is 5.59. The second-order valence-electron chi connectivity index (χ2n) is 7.14. The largest absolute Gasteiger partial charge is 0.497 e. The van der Waals surface area contributed by atoms with Crippen LogP contribution in [0.25, 0.3) is 21.9 Å². The summed E-state index contributed by atoms with van der Waals surface area (Å²) < 4.78 is 11.6. The summed E-state index contributed by atoms with van der Waals surface area (Å²) in [6, 6.07) is 21.0. The number of likely N-dealkylation sites (tertiary alicyclic amines) is 1. The van der Waals surface area contributed by atoms with Gasteiger partial charge in [-0.15, -0.1) is 0 Å². The lowest BCUT2D eigenvalue weighted by Gasteiger charge is -2.26. The molecule has 3 nitrogen and oxygen atoms in total. The molecule has 3 aromatic carbocycles. The van der Waals surface area contributed by atoms with E-state index in [1.54, 1.807) is 7.11 Å². The van der Waals surface area contributed by atoms with Crippen molar-refractivity contribution >= 4 is 10.8 Å². The van der Waals surface area contributed by atoms with Crippen molar-refractivity contribution in [2.24, 2.45) is 0 Å². The van der Waals surface area contributed by atoms with Gasteiger partial charge in [0.2, 0.25) is 0 Å². The van der Waals surface area contributed by atoms with Gasteiger partial charge in [0.25, 0.3) is 0 Å². The predicted octanol–water partition coefficient (Wildman–Crippen LogP) is 5.38. The first kappa shape index (κ1) is 17.9. The molecule has 3 heteroatoms. The van der Waals surface area contributed by atoms with E-state index < -0.39 is 0 Å². The number of hydrogen-bond acceptors (Lipinski definition) is 3. The maximum atomic E-state index is 6.19. The molecule has 3 aromatic rings. The number of rotatable bonds is 6. The zero-order valence-corrected chi connectivity index (χ0v) is 16.0. The molecule has 0 aliphatic carbocycles. The van der Waals surface area contributed by atoms with Crippen molar-refractivity contribution in [1.82, 2.24) is 4.90 Å². The monoisotopic (exact) mass is 361 g/mol. The average molecular weight is 361 g/mol. The summed E-state index contributed by atoms with van der Waals surface area (Å²) in [7, 11) is 1.70. The highest BCUT2D eigenvalue weighted by Gasteiger charge is 2.12. The number of benzene rings is 3. The van der Waals surface area contributed by atoms with Crippen molar-refractivity contribution in [1.29, 1.82) is 0 Å². The minimum Gasteiger partial charge on any atom is -0.497 e. The third-order valence-corrected chi connectivity index (χ3v) is 5.38. The lowest BCUT2D eigenvalue weighted by atomic mass is 9.97. The molecule has 0 radical (unpaired) electrons. The summed E-state index contributed by atoms with van der Waals surface area (Å²) in [5.74, 6) is 1.84. The van der Waals surface area contributed by atoms with E-state index in [0.717, 1.165) is 35.6 Å². The Bertz CT molecular complexity index is 900. The molecule has 140 valence electrons. The summed E-state index contributed by atoms with van der Waals surface area (Å²) in [6.07, 6.45) is 4.00. The van der Waals surface area contributed by atoms with Crippen LogP contribution in [0, 0.1) is 0 Å². The van der Waals surface area contributed by atoms with E-state index in [-0.39, 0.29) is 0 Å². The molecule has 1 aliphatic heterocycles. The molecule has 0 aromatic heterocycles. The number of nitrogens with zero attached hydrogens (tertiary/aromatic N) is 1. The summed E-state index contributed by atoms with van der Waals surface area (Å²) in [4.78, 5) is 2.51. The molecule has 0 bridgehead atoms. The zero-order chi connectivity index (χ0) is 18.5. The Morgan fingerprint density at radius 1 is 0.852 bits per heavy atom. The number of piperidine rings is 1. The normalized spacial score (nSPS) is 15.0. The van der Waals surface area contributed by atoms with E-state index >= 15 is 0 Å². The minimum atomic E-state index is 0.739. The van der Waals surface area contributed by atoms with Gasteiger partial charge in [0, 0.05) is 11.9 Å². The van der Waals surface area contributed by atoms with Crippen LogP contribution in [-0.4, -0.2) is 38.3 Å². The van der Waals surface area contributed by atoms with E-state index in [9.17, 15) is 0 Å². The summed E-state index contributed by atoms with van der Waals surface area (Å²) in [6.45, 7) is 4.16. The Morgan fingerprint density at radius 2 is 1.67 bits per heavy atom. The fourth-order valence-electron chi connectivity index (χ4n) is 3.91. The van der Waals surface area contributed by atoms with Gasteiger partial charge < -0.3 is 9.47 Å². The van der Waals surface area contributed by atoms with Gasteiger partial charge in [0.05, 0.1) is 7.11 Å². The molecule has 0 saturated carbocycles. The van der Waals surface area contributed by atoms with Crippen LogP contribution >= 0.6 is 0 Å². The lowest BCUT2D eigenvalue weighted by molar-refractivity contribution is 0.184. The average Bonchev–Trinajstić information content (AvgIpc) is 2.74. The third kappa shape index (κ3) is 4.09. The van der Waals surface area contributed by atoms with Gasteiger partial charge >= 0.3 is 0 Å². The number of methoxy groups -OCH3 is 1. The molecule has 0 N–H and O–H groups in total. The summed E-state index contributed by atoms with van der Waals surface area (Å²) in [5.41, 5.74) is 2.36. The Balaban J connectivity index is 1.58. The van der Waals surface area contributed by atoms with Gasteiger partial charge in [0.15, 0.2) is 0 Å². The van der Waals surface area contributed by atoms with Gasteiger partial charge in [-0.3, -0.25) is 4.90 Å². The molecule has 1 saturated heterocycles. The first-order valence-electron chi connectivity index (χ1n) is 9.86. The van der Waals surface area contributed by atoms with E-state index in [1.807, 2.05) is 12.1 Å². The smallest absolute Gasteiger partial charge is 0.127 e. The fourth-order valence-corrected chi connectivity index (χ4v) is 3.91. The second kappa shape index (κ2) is 8.45. The maximum Gasteiger partial charge on any atom is 0.127 e. The Hall–Kier alpha value is -2.52. The quantitative estimate of drug-likeness (QED) is 0.588. The van der Waals surface area contributed by atoms with Gasteiger partial charge in [-0.25, -0.2) is 0 Å². The van der Waals surface area contributed by atoms with E-state index in [1.165, 1.54) is 43.3 Å². The molecular formula is C24H27NO2. The molecule has 0 spiro atoms.